The summed E-state index contributed by atoms with van der Waals surface area (Å²) in [5.74, 6) is 0. The van der Waals surface area contributed by atoms with E-state index < -0.39 is 0 Å². The average molecular weight is 157 g/mol. The van der Waals surface area contributed by atoms with Gasteiger partial charge in [-0.15, -0.1) is 0 Å². The zero-order valence-corrected chi connectivity index (χ0v) is 6.52. The van der Waals surface area contributed by atoms with E-state index in [0.29, 0.717) is 0 Å². The van der Waals surface area contributed by atoms with E-state index in [4.69, 9.17) is 11.6 Å². The first-order valence-electron chi connectivity index (χ1n) is 3.08. The molecule has 3 heteroatoms. The molecule has 0 aromatic carbocycles. The van der Waals surface area contributed by atoms with Crippen molar-refractivity contribution in [1.29, 1.82) is 0 Å². The Bertz CT molecular complexity index is 213. The third-order valence-corrected chi connectivity index (χ3v) is 1.37. The molecule has 0 saturated heterocycles. The van der Waals surface area contributed by atoms with Gasteiger partial charge in [-0.1, -0.05) is 11.6 Å². The van der Waals surface area contributed by atoms with Gasteiger partial charge in [0.1, 0.15) is 0 Å². The van der Waals surface area contributed by atoms with Crippen LogP contribution in [0.4, 0.5) is 0 Å². The summed E-state index contributed by atoms with van der Waals surface area (Å²) >= 11 is 5.71. The normalized spacial score (nSPS) is 9.80. The molecule has 1 aromatic heterocycles. The van der Waals surface area contributed by atoms with Crippen molar-refractivity contribution in [1.82, 2.24) is 10.3 Å². The van der Waals surface area contributed by atoms with Crippen molar-refractivity contribution in [2.75, 3.05) is 7.05 Å². The molecule has 1 heterocycles. The molecule has 0 atom stereocenters. The topological polar surface area (TPSA) is 24.9 Å². The third kappa shape index (κ3) is 1.97. The Hall–Kier alpha value is -0.600. The molecular weight excluding hydrogens is 148 g/mol. The number of aromatic nitrogens is 1. The fraction of sp³-hybridized carbons (Fsp3) is 0.286. The minimum Gasteiger partial charge on any atom is -0.314 e. The highest BCUT2D eigenvalue weighted by Crippen LogP contribution is 2.06. The first-order chi connectivity index (χ1) is 4.83. The summed E-state index contributed by atoms with van der Waals surface area (Å²) < 4.78 is 0. The van der Waals surface area contributed by atoms with Gasteiger partial charge in [0, 0.05) is 17.8 Å². The summed E-state index contributed by atoms with van der Waals surface area (Å²) in [6, 6.07) is 3.61. The molecule has 0 aliphatic heterocycles. The van der Waals surface area contributed by atoms with Crippen LogP contribution < -0.4 is 5.32 Å². The largest absolute Gasteiger partial charge is 0.314 e. The van der Waals surface area contributed by atoms with E-state index in [1.807, 2.05) is 13.1 Å². The number of halogens is 1. The van der Waals surface area contributed by atoms with Crippen LogP contribution in [0.1, 0.15) is 5.69 Å². The average Bonchev–Trinajstić information content (AvgIpc) is 1.88. The Morgan fingerprint density at radius 2 is 2.50 bits per heavy atom. The Morgan fingerprint density at radius 1 is 1.70 bits per heavy atom. The Balaban J connectivity index is 2.75. The molecule has 0 unspecified atom stereocenters. The zero-order valence-electron chi connectivity index (χ0n) is 5.76. The molecule has 0 amide bonds. The summed E-state index contributed by atoms with van der Waals surface area (Å²) in [7, 11) is 1.88. The fourth-order valence-electron chi connectivity index (χ4n) is 0.727. The summed E-state index contributed by atoms with van der Waals surface area (Å²) in [5, 5.41) is 3.73. The Kier molecular flexibility index (Phi) is 2.66. The lowest BCUT2D eigenvalue weighted by molar-refractivity contribution is 0.791. The van der Waals surface area contributed by atoms with Gasteiger partial charge in [0.05, 0.1) is 5.69 Å². The minimum atomic E-state index is 0.736. The van der Waals surface area contributed by atoms with E-state index in [2.05, 4.69) is 10.3 Å². The molecule has 0 aliphatic rings. The van der Waals surface area contributed by atoms with Crippen molar-refractivity contribution in [3.63, 3.8) is 0 Å². The molecule has 0 aliphatic carbocycles. The van der Waals surface area contributed by atoms with Crippen LogP contribution in [-0.4, -0.2) is 12.0 Å². The second-order valence-corrected chi connectivity index (χ2v) is 2.43. The molecule has 54 valence electrons. The predicted molar refractivity (Wildman–Crippen MR) is 42.0 cm³/mol. The van der Waals surface area contributed by atoms with Crippen molar-refractivity contribution in [3.05, 3.63) is 29.0 Å². The third-order valence-electron chi connectivity index (χ3n) is 1.14. The van der Waals surface area contributed by atoms with Crippen LogP contribution in [-0.2, 0) is 6.54 Å². The second kappa shape index (κ2) is 3.54. The van der Waals surface area contributed by atoms with Crippen molar-refractivity contribution in [2.45, 2.75) is 6.54 Å². The first-order valence-corrected chi connectivity index (χ1v) is 3.46. The van der Waals surface area contributed by atoms with E-state index in [1.54, 1.807) is 12.3 Å². The number of hydrogen-bond acceptors (Lipinski definition) is 2. The molecule has 0 bridgehead atoms. The van der Waals surface area contributed by atoms with Crippen molar-refractivity contribution >= 4 is 11.6 Å². The number of nitrogens with one attached hydrogen (secondary N) is 1. The van der Waals surface area contributed by atoms with Crippen LogP contribution in [0.5, 0.6) is 0 Å². The molecule has 0 spiro atoms. The monoisotopic (exact) mass is 156 g/mol. The number of nitrogens with zero attached hydrogens (tertiary/aromatic N) is 1. The minimum absolute atomic E-state index is 0.736. The molecule has 2 nitrogen and oxygen atoms in total. The van der Waals surface area contributed by atoms with Gasteiger partial charge in [-0.3, -0.25) is 4.98 Å². The number of pyridine rings is 1. The van der Waals surface area contributed by atoms with Gasteiger partial charge in [-0.25, -0.2) is 0 Å². The van der Waals surface area contributed by atoms with Crippen molar-refractivity contribution < 1.29 is 0 Å². The molecule has 0 fully saturated rings. The van der Waals surface area contributed by atoms with E-state index >= 15 is 0 Å². The van der Waals surface area contributed by atoms with Gasteiger partial charge < -0.3 is 5.32 Å². The van der Waals surface area contributed by atoms with Crippen LogP contribution in [0.15, 0.2) is 18.3 Å². The summed E-state index contributed by atoms with van der Waals surface area (Å²) in [6.45, 7) is 0.764. The SMILES string of the molecule is CNCc1cc(Cl)ccn1. The molecule has 10 heavy (non-hydrogen) atoms. The van der Waals surface area contributed by atoms with Gasteiger partial charge in [0.2, 0.25) is 0 Å². The van der Waals surface area contributed by atoms with Gasteiger partial charge in [0.15, 0.2) is 0 Å². The molecule has 0 saturated carbocycles. The summed E-state index contributed by atoms with van der Waals surface area (Å²) in [6.07, 6.45) is 1.70. The smallest absolute Gasteiger partial charge is 0.0556 e. The first kappa shape index (κ1) is 7.51. The van der Waals surface area contributed by atoms with Gasteiger partial charge in [0.25, 0.3) is 0 Å². The zero-order chi connectivity index (χ0) is 7.40. The quantitative estimate of drug-likeness (QED) is 0.701. The van der Waals surface area contributed by atoms with Crippen molar-refractivity contribution in [2.24, 2.45) is 0 Å². The Morgan fingerprint density at radius 3 is 3.10 bits per heavy atom. The molecular formula is C7H9ClN2. The maximum Gasteiger partial charge on any atom is 0.0556 e. The number of hydrogen-bond donors (Lipinski definition) is 1. The van der Waals surface area contributed by atoms with Crippen LogP contribution in [0.2, 0.25) is 5.02 Å². The lowest BCUT2D eigenvalue weighted by Gasteiger charge is -1.97. The lowest BCUT2D eigenvalue weighted by atomic mass is 10.3. The molecule has 1 rings (SSSR count). The van der Waals surface area contributed by atoms with E-state index in [0.717, 1.165) is 17.3 Å². The van der Waals surface area contributed by atoms with Gasteiger partial charge in [-0.2, -0.15) is 0 Å². The standard InChI is InChI=1S/C7H9ClN2/c1-9-5-7-4-6(8)2-3-10-7/h2-4,9H,5H2,1H3. The van der Waals surface area contributed by atoms with Crippen molar-refractivity contribution in [3.8, 4) is 0 Å². The van der Waals surface area contributed by atoms with Gasteiger partial charge >= 0.3 is 0 Å². The van der Waals surface area contributed by atoms with Crippen LogP contribution in [0.25, 0.3) is 0 Å². The van der Waals surface area contributed by atoms with Crippen LogP contribution in [0.3, 0.4) is 0 Å². The van der Waals surface area contributed by atoms with Crippen LogP contribution >= 0.6 is 11.6 Å². The van der Waals surface area contributed by atoms with Crippen LogP contribution in [0, 0.1) is 0 Å². The lowest BCUT2D eigenvalue weighted by Crippen LogP contribution is -2.06. The summed E-state index contributed by atoms with van der Waals surface area (Å²) in [5.41, 5.74) is 0.968. The molecule has 0 radical (unpaired) electrons. The molecule has 1 aromatic rings. The maximum atomic E-state index is 5.71. The highest BCUT2D eigenvalue weighted by atomic mass is 35.5. The van der Waals surface area contributed by atoms with E-state index in [1.165, 1.54) is 0 Å². The molecule has 1 N–H and O–H groups in total. The highest BCUT2D eigenvalue weighted by Gasteiger charge is 1.91. The Labute approximate surface area is 65.2 Å². The van der Waals surface area contributed by atoms with Gasteiger partial charge in [-0.05, 0) is 19.2 Å². The highest BCUT2D eigenvalue weighted by molar-refractivity contribution is 6.30. The fourth-order valence-corrected chi connectivity index (χ4v) is 0.909. The van der Waals surface area contributed by atoms with E-state index in [9.17, 15) is 0 Å². The predicted octanol–water partition coefficient (Wildman–Crippen LogP) is 1.45. The second-order valence-electron chi connectivity index (χ2n) is 2.00. The number of rotatable bonds is 2. The van der Waals surface area contributed by atoms with E-state index in [-0.39, 0.29) is 0 Å². The maximum absolute atomic E-state index is 5.71. The summed E-state index contributed by atoms with van der Waals surface area (Å²) in [4.78, 5) is 4.08.